The quantitative estimate of drug-likeness (QED) is 0.619. The van der Waals surface area contributed by atoms with Crippen LogP contribution in [0.2, 0.25) is 5.02 Å². The normalized spacial score (nSPS) is 15.8. The molecule has 0 radical (unpaired) electrons. The van der Waals surface area contributed by atoms with Crippen LogP contribution in [0.15, 0.2) is 42.5 Å². The number of hydrogen-bond donors (Lipinski definition) is 1. The third-order valence-electron chi connectivity index (χ3n) is 5.24. The third kappa shape index (κ3) is 6.44. The summed E-state index contributed by atoms with van der Waals surface area (Å²) < 4.78 is 11.5. The lowest BCUT2D eigenvalue weighted by Crippen LogP contribution is -2.29. The van der Waals surface area contributed by atoms with Crippen molar-refractivity contribution in [2.75, 3.05) is 7.11 Å². The summed E-state index contributed by atoms with van der Waals surface area (Å²) in [6.07, 6.45) is 9.44. The Morgan fingerprint density at radius 3 is 2.26 bits per heavy atom. The van der Waals surface area contributed by atoms with Gasteiger partial charge in [-0.05, 0) is 48.2 Å². The highest BCUT2D eigenvalue weighted by atomic mass is 35.5. The minimum absolute atomic E-state index is 0.493. The average Bonchev–Trinajstić information content (AvgIpc) is 2.67. The molecule has 3 rings (SSSR count). The third-order valence-corrected chi connectivity index (χ3v) is 5.49. The van der Waals surface area contributed by atoms with Crippen LogP contribution in [0, 0.1) is 0 Å². The Morgan fingerprint density at radius 2 is 1.56 bits per heavy atom. The Bertz CT molecular complexity index is 694. The van der Waals surface area contributed by atoms with Crippen molar-refractivity contribution >= 4 is 11.6 Å². The Kier molecular flexibility index (Phi) is 7.85. The molecule has 146 valence electrons. The van der Waals surface area contributed by atoms with Crippen molar-refractivity contribution < 1.29 is 9.47 Å². The Balaban J connectivity index is 1.55. The Hall–Kier alpha value is -1.71. The summed E-state index contributed by atoms with van der Waals surface area (Å²) in [5.74, 6) is 1.54. The molecule has 1 saturated carbocycles. The molecule has 1 fully saturated rings. The molecule has 0 bridgehead atoms. The smallest absolute Gasteiger partial charge is 0.161 e. The summed E-state index contributed by atoms with van der Waals surface area (Å²) in [5, 5.41) is 4.46. The molecule has 3 nitrogen and oxygen atoms in total. The first-order valence-corrected chi connectivity index (χ1v) is 10.4. The van der Waals surface area contributed by atoms with Gasteiger partial charge in [-0.25, -0.2) is 0 Å². The van der Waals surface area contributed by atoms with Crippen LogP contribution < -0.4 is 14.8 Å². The van der Waals surface area contributed by atoms with E-state index < -0.39 is 0 Å². The van der Waals surface area contributed by atoms with Gasteiger partial charge in [-0.2, -0.15) is 0 Å². The molecule has 1 N–H and O–H groups in total. The van der Waals surface area contributed by atoms with Gasteiger partial charge in [-0.15, -0.1) is 0 Å². The Morgan fingerprint density at radius 1 is 0.889 bits per heavy atom. The number of rotatable bonds is 7. The van der Waals surface area contributed by atoms with Crippen LogP contribution in [0.5, 0.6) is 11.5 Å². The van der Waals surface area contributed by atoms with Gasteiger partial charge in [0.05, 0.1) is 7.11 Å². The van der Waals surface area contributed by atoms with Crippen LogP contribution in [0.1, 0.15) is 56.1 Å². The van der Waals surface area contributed by atoms with E-state index in [1.807, 2.05) is 30.3 Å². The van der Waals surface area contributed by atoms with E-state index in [9.17, 15) is 0 Å². The first-order valence-electron chi connectivity index (χ1n) is 10.0. The zero-order valence-electron chi connectivity index (χ0n) is 16.2. The number of nitrogens with one attached hydrogen (secondary N) is 1. The van der Waals surface area contributed by atoms with Crippen LogP contribution in [0.3, 0.4) is 0 Å². The summed E-state index contributed by atoms with van der Waals surface area (Å²) in [6, 6.07) is 14.5. The van der Waals surface area contributed by atoms with Gasteiger partial charge in [0.25, 0.3) is 0 Å². The number of methoxy groups -OCH3 is 1. The van der Waals surface area contributed by atoms with Crippen molar-refractivity contribution in [3.8, 4) is 11.5 Å². The van der Waals surface area contributed by atoms with Crippen molar-refractivity contribution in [2.45, 2.75) is 64.1 Å². The van der Waals surface area contributed by atoms with Gasteiger partial charge in [-0.3, -0.25) is 0 Å². The molecule has 1 aliphatic carbocycles. The molecule has 0 atom stereocenters. The van der Waals surface area contributed by atoms with Crippen LogP contribution in [0.4, 0.5) is 0 Å². The largest absolute Gasteiger partial charge is 0.493 e. The molecule has 0 amide bonds. The minimum Gasteiger partial charge on any atom is -0.493 e. The molecule has 0 aliphatic heterocycles. The predicted molar refractivity (Wildman–Crippen MR) is 112 cm³/mol. The van der Waals surface area contributed by atoms with Gasteiger partial charge < -0.3 is 14.8 Å². The van der Waals surface area contributed by atoms with E-state index in [0.29, 0.717) is 12.6 Å². The molecule has 0 aromatic heterocycles. The average molecular weight is 388 g/mol. The topological polar surface area (TPSA) is 30.5 Å². The van der Waals surface area contributed by atoms with Crippen LogP contribution in [-0.2, 0) is 13.2 Å². The SMILES string of the molecule is COc1cc(CNC2CCCCCCC2)ccc1OCc1ccc(Cl)cc1. The van der Waals surface area contributed by atoms with Crippen molar-refractivity contribution in [3.63, 3.8) is 0 Å². The van der Waals surface area contributed by atoms with Gasteiger partial charge in [0.2, 0.25) is 0 Å². The van der Waals surface area contributed by atoms with E-state index in [1.54, 1.807) is 7.11 Å². The van der Waals surface area contributed by atoms with Crippen molar-refractivity contribution in [1.29, 1.82) is 0 Å². The van der Waals surface area contributed by atoms with Gasteiger partial charge in [0.15, 0.2) is 11.5 Å². The monoisotopic (exact) mass is 387 g/mol. The highest BCUT2D eigenvalue weighted by Crippen LogP contribution is 2.29. The molecule has 0 spiro atoms. The maximum Gasteiger partial charge on any atom is 0.161 e. The van der Waals surface area contributed by atoms with E-state index >= 15 is 0 Å². The molecular formula is C23H30ClNO2. The molecule has 4 heteroatoms. The van der Waals surface area contributed by atoms with Gasteiger partial charge in [0, 0.05) is 17.6 Å². The van der Waals surface area contributed by atoms with Gasteiger partial charge in [-0.1, -0.05) is 61.9 Å². The van der Waals surface area contributed by atoms with E-state index in [1.165, 1.54) is 50.5 Å². The molecule has 27 heavy (non-hydrogen) atoms. The summed E-state index contributed by atoms with van der Waals surface area (Å²) in [4.78, 5) is 0. The first-order chi connectivity index (χ1) is 13.2. The fourth-order valence-corrected chi connectivity index (χ4v) is 3.73. The maximum atomic E-state index is 5.95. The van der Waals surface area contributed by atoms with E-state index in [-0.39, 0.29) is 0 Å². The molecular weight excluding hydrogens is 358 g/mol. The second-order valence-corrected chi connectivity index (χ2v) is 7.76. The fraction of sp³-hybridized carbons (Fsp3) is 0.478. The highest BCUT2D eigenvalue weighted by molar-refractivity contribution is 6.30. The van der Waals surface area contributed by atoms with E-state index in [4.69, 9.17) is 21.1 Å². The molecule has 0 heterocycles. The Labute approximate surface area is 168 Å². The number of benzene rings is 2. The molecule has 0 unspecified atom stereocenters. The summed E-state index contributed by atoms with van der Waals surface area (Å²) in [6.45, 7) is 1.37. The molecule has 2 aromatic carbocycles. The van der Waals surface area contributed by atoms with Crippen LogP contribution in [-0.4, -0.2) is 13.2 Å². The standard InChI is InChI=1S/C23H30ClNO2/c1-26-23-15-19(16-25-21-7-5-3-2-4-6-8-21)11-14-22(23)27-17-18-9-12-20(24)13-10-18/h9-15,21,25H,2-8,16-17H2,1H3. The van der Waals surface area contributed by atoms with Gasteiger partial charge in [0.1, 0.15) is 6.61 Å². The molecule has 0 saturated heterocycles. The second-order valence-electron chi connectivity index (χ2n) is 7.32. The maximum absolute atomic E-state index is 5.95. The zero-order valence-corrected chi connectivity index (χ0v) is 16.9. The first kappa shape index (κ1) is 20.0. The second kappa shape index (κ2) is 10.6. The van der Waals surface area contributed by atoms with E-state index in [2.05, 4.69) is 17.4 Å². The van der Waals surface area contributed by atoms with Crippen molar-refractivity contribution in [3.05, 3.63) is 58.6 Å². The predicted octanol–water partition coefficient (Wildman–Crippen LogP) is 6.13. The zero-order chi connectivity index (χ0) is 18.9. The molecule has 2 aromatic rings. The highest BCUT2D eigenvalue weighted by Gasteiger charge is 2.12. The number of ether oxygens (including phenoxy) is 2. The lowest BCUT2D eigenvalue weighted by Gasteiger charge is -2.21. The van der Waals surface area contributed by atoms with Crippen molar-refractivity contribution in [2.24, 2.45) is 0 Å². The summed E-state index contributed by atoms with van der Waals surface area (Å²) in [5.41, 5.74) is 2.31. The van der Waals surface area contributed by atoms with Crippen LogP contribution >= 0.6 is 11.6 Å². The lowest BCUT2D eigenvalue weighted by atomic mass is 9.96. The number of halogens is 1. The fourth-order valence-electron chi connectivity index (χ4n) is 3.61. The summed E-state index contributed by atoms with van der Waals surface area (Å²) in [7, 11) is 1.69. The van der Waals surface area contributed by atoms with Crippen molar-refractivity contribution in [1.82, 2.24) is 5.32 Å². The van der Waals surface area contributed by atoms with Gasteiger partial charge >= 0.3 is 0 Å². The minimum atomic E-state index is 0.493. The number of hydrogen-bond acceptors (Lipinski definition) is 3. The van der Waals surface area contributed by atoms with Crippen LogP contribution in [0.25, 0.3) is 0 Å². The van der Waals surface area contributed by atoms with E-state index in [0.717, 1.165) is 28.6 Å². The summed E-state index contributed by atoms with van der Waals surface area (Å²) >= 11 is 5.93. The molecule has 1 aliphatic rings. The lowest BCUT2D eigenvalue weighted by molar-refractivity contribution is 0.284.